The van der Waals surface area contributed by atoms with Crippen molar-refractivity contribution in [3.8, 4) is 5.75 Å². The lowest BCUT2D eigenvalue weighted by Gasteiger charge is -2.37. The Labute approximate surface area is 581 Å². The number of nitrogens with one attached hydrogen (secondary N) is 6. The Balaban J connectivity index is 0.970. The Bertz CT molecular complexity index is 4060. The minimum atomic E-state index is -1.47. The Morgan fingerprint density at radius 1 is 0.707 bits per heavy atom. The van der Waals surface area contributed by atoms with Gasteiger partial charge in [0, 0.05) is 96.8 Å². The van der Waals surface area contributed by atoms with Gasteiger partial charge < -0.3 is 57.9 Å². The van der Waals surface area contributed by atoms with Crippen LogP contribution in [-0.4, -0.2) is 141 Å². The lowest BCUT2D eigenvalue weighted by molar-refractivity contribution is -0.146. The molecule has 4 bridgehead atoms. The van der Waals surface area contributed by atoms with E-state index >= 15 is 23.6 Å². The van der Waals surface area contributed by atoms with Crippen LogP contribution < -0.4 is 43.0 Å². The number of Topliss-reactive ketones (excluding diaryl/α,β-unsaturated/α-hetero) is 2. The zero-order valence-corrected chi connectivity index (χ0v) is 56.9. The number of benzene rings is 5. The summed E-state index contributed by atoms with van der Waals surface area (Å²) in [5.41, 5.74) is 16.6. The van der Waals surface area contributed by atoms with E-state index in [-0.39, 0.29) is 81.6 Å². The number of para-hydroxylation sites is 1. The predicted molar refractivity (Wildman–Crippen MR) is 375 cm³/mol. The molecule has 0 unspecified atom stereocenters. The van der Waals surface area contributed by atoms with Crippen molar-refractivity contribution in [3.05, 3.63) is 172 Å². The molecule has 3 aliphatic heterocycles. The molecule has 1 saturated heterocycles. The van der Waals surface area contributed by atoms with Crippen LogP contribution in [0, 0.1) is 23.5 Å². The molecule has 8 amide bonds. The van der Waals surface area contributed by atoms with Gasteiger partial charge in [0.15, 0.2) is 11.6 Å². The molecule has 1 aromatic heterocycles. The van der Waals surface area contributed by atoms with Crippen LogP contribution in [-0.2, 0) is 85.1 Å². The standard InChI is InChI=1S/C74H84F2N10O11S2/c1-74-26-7-28-86(74)73(97)62(31-44-13-22-55(87)23-14-44)83-68(92)40-85-63-12-3-2-10-48(63)16-18-50(72(85)96)34-64(88)60(33-51-38-79-58-24-21-54(76)37-57(51)58)84-71(95)61(32-49-17-15-47-19-20-53(75)36-56(47)49)82-67(91)39-80-70(94)59(11-4-5-27-77)81-66(90)25-29-98-41-45-8-6-9-46(30-45)42-99-43-52(69(78)93)35-65(74)89/h2-3,6,8-10,12-14,17,19-24,30,36-38,50,52,59-62,79,87H,4-5,7,11,15-16,18,25-29,31-35,39-43,77H2,1H3,(H2,78,93)(H,80,94)(H,81,90)(H,82,91)(H,83,92)(H,84,95)/t50-,52-,59-,60-,61-,62-,74-/m0/s1. The molecular formula is C74H84F2N10O11S2. The van der Waals surface area contributed by atoms with Crippen molar-refractivity contribution in [1.29, 1.82) is 0 Å². The number of carbonyl (C=O) groups excluding carboxylic acids is 10. The van der Waals surface area contributed by atoms with Crippen LogP contribution in [0.5, 0.6) is 5.75 Å². The van der Waals surface area contributed by atoms with Crippen LogP contribution in [0.25, 0.3) is 16.5 Å². The van der Waals surface area contributed by atoms with E-state index in [2.05, 4.69) is 31.6 Å². The second-order valence-corrected chi connectivity index (χ2v) is 28.3. The summed E-state index contributed by atoms with van der Waals surface area (Å²) in [6, 6.07) is 23.9. The number of nitrogens with zero attached hydrogens (tertiary/aromatic N) is 2. The van der Waals surface area contributed by atoms with Crippen LogP contribution in [0.1, 0.15) is 110 Å². The smallest absolute Gasteiger partial charge is 0.246 e. The molecule has 11 N–H and O–H groups in total. The van der Waals surface area contributed by atoms with Gasteiger partial charge in [-0.05, 0) is 158 Å². The lowest BCUT2D eigenvalue weighted by Crippen LogP contribution is -2.59. The second kappa shape index (κ2) is 33.6. The van der Waals surface area contributed by atoms with Gasteiger partial charge in [0.05, 0.1) is 24.0 Å². The fourth-order valence-electron chi connectivity index (χ4n) is 13.5. The maximum atomic E-state index is 15.4. The summed E-state index contributed by atoms with van der Waals surface area (Å²) in [5.74, 6) is -7.95. The number of anilines is 1. The number of phenolic OH excluding ortho intramolecular Hbond substituents is 1. The summed E-state index contributed by atoms with van der Waals surface area (Å²) >= 11 is 2.93. The number of unbranched alkanes of at least 4 members (excludes halogenated alkanes) is 1. The second-order valence-electron chi connectivity index (χ2n) is 26.1. The van der Waals surface area contributed by atoms with E-state index in [1.807, 2.05) is 24.3 Å². The molecule has 0 saturated carbocycles. The molecule has 0 spiro atoms. The molecule has 4 heterocycles. The van der Waals surface area contributed by atoms with Gasteiger partial charge in [0.25, 0.3) is 0 Å². The quantitative estimate of drug-likeness (QED) is 0.0609. The summed E-state index contributed by atoms with van der Waals surface area (Å²) < 4.78 is 29.9. The number of H-pyrrole nitrogens is 1. The van der Waals surface area contributed by atoms with Gasteiger partial charge in [-0.25, -0.2) is 8.78 Å². The summed E-state index contributed by atoms with van der Waals surface area (Å²) in [6.07, 6.45) is 4.84. The van der Waals surface area contributed by atoms with Gasteiger partial charge >= 0.3 is 0 Å². The number of halogens is 2. The van der Waals surface area contributed by atoms with Crippen LogP contribution in [0.4, 0.5) is 14.5 Å². The van der Waals surface area contributed by atoms with E-state index in [9.17, 15) is 38.3 Å². The van der Waals surface area contributed by atoms with Gasteiger partial charge in [-0.1, -0.05) is 66.7 Å². The first-order valence-corrected chi connectivity index (χ1v) is 35.9. The van der Waals surface area contributed by atoms with Crippen LogP contribution in [0.2, 0.25) is 0 Å². The van der Waals surface area contributed by atoms with Gasteiger partial charge in [0.1, 0.15) is 42.1 Å². The van der Waals surface area contributed by atoms with Crippen molar-refractivity contribution in [2.75, 3.05) is 42.6 Å². The topological polar surface area (TPSA) is 325 Å². The molecule has 10 rings (SSSR count). The van der Waals surface area contributed by atoms with Crippen LogP contribution in [0.3, 0.4) is 0 Å². The Morgan fingerprint density at radius 2 is 1.44 bits per heavy atom. The summed E-state index contributed by atoms with van der Waals surface area (Å²) in [7, 11) is 0. The highest BCUT2D eigenvalue weighted by atomic mass is 32.2. The Hall–Kier alpha value is -9.20. The molecule has 7 atom stereocenters. The van der Waals surface area contributed by atoms with Crippen molar-refractivity contribution in [3.63, 3.8) is 0 Å². The van der Waals surface area contributed by atoms with Crippen LogP contribution >= 0.6 is 23.5 Å². The third-order valence-corrected chi connectivity index (χ3v) is 21.2. The highest BCUT2D eigenvalue weighted by molar-refractivity contribution is 7.98. The number of aryl methyl sites for hydroxylation is 1. The van der Waals surface area contributed by atoms with Crippen molar-refractivity contribution < 1.29 is 61.8 Å². The minimum Gasteiger partial charge on any atom is -0.508 e. The number of aromatic hydroxyl groups is 1. The van der Waals surface area contributed by atoms with E-state index in [0.717, 1.165) is 16.7 Å². The van der Waals surface area contributed by atoms with E-state index in [0.29, 0.717) is 93.9 Å². The molecule has 6 aromatic rings. The van der Waals surface area contributed by atoms with Gasteiger partial charge in [-0.3, -0.25) is 47.9 Å². The molecule has 1 fully saturated rings. The van der Waals surface area contributed by atoms with Crippen molar-refractivity contribution >= 4 is 105 Å². The first-order chi connectivity index (χ1) is 47.6. The number of primary amides is 1. The largest absolute Gasteiger partial charge is 0.508 e. The lowest BCUT2D eigenvalue weighted by atomic mass is 9.86. The molecule has 4 aliphatic rings. The fourth-order valence-corrected chi connectivity index (χ4v) is 15.5. The number of ketones is 2. The van der Waals surface area contributed by atoms with Crippen molar-refractivity contribution in [2.45, 2.75) is 138 Å². The van der Waals surface area contributed by atoms with E-state index in [1.54, 1.807) is 61.7 Å². The number of rotatable bonds is 11. The van der Waals surface area contributed by atoms with Gasteiger partial charge in [0.2, 0.25) is 47.3 Å². The number of fused-ring (bicyclic) bond motifs is 9. The maximum Gasteiger partial charge on any atom is 0.246 e. The average Bonchev–Trinajstić information content (AvgIpc) is 1.69. The van der Waals surface area contributed by atoms with E-state index in [1.165, 1.54) is 75.8 Å². The third-order valence-electron chi connectivity index (χ3n) is 19.0. The zero-order valence-electron chi connectivity index (χ0n) is 55.2. The predicted octanol–water partition coefficient (Wildman–Crippen LogP) is 6.72. The number of amides is 8. The Kier molecular flexibility index (Phi) is 24.6. The molecule has 25 heteroatoms. The monoisotopic (exact) mass is 1390 g/mol. The molecule has 0 radical (unpaired) electrons. The van der Waals surface area contributed by atoms with Crippen molar-refractivity contribution in [1.82, 2.24) is 36.5 Å². The van der Waals surface area contributed by atoms with Crippen molar-refractivity contribution in [2.24, 2.45) is 23.3 Å². The minimum absolute atomic E-state index is 0.0391. The van der Waals surface area contributed by atoms with Gasteiger partial charge in [-0.2, -0.15) is 23.5 Å². The maximum absolute atomic E-state index is 15.4. The first kappa shape index (κ1) is 72.5. The molecular weight excluding hydrogens is 1310 g/mol. The Morgan fingerprint density at radius 3 is 2.22 bits per heavy atom. The summed E-state index contributed by atoms with van der Waals surface area (Å²) in [5, 5.41) is 24.6. The number of aromatic amines is 1. The molecule has 522 valence electrons. The number of hydrogen-bond donors (Lipinski definition) is 9. The number of allylic oxidation sites excluding steroid dienone is 1. The molecule has 21 nitrogen and oxygen atoms in total. The average molecular weight is 1390 g/mol. The summed E-state index contributed by atoms with van der Waals surface area (Å²) in [4.78, 5) is 151. The number of phenols is 1. The normalized spacial score (nSPS) is 23.3. The first-order valence-electron chi connectivity index (χ1n) is 33.6. The summed E-state index contributed by atoms with van der Waals surface area (Å²) in [6.45, 7) is 0.848. The van der Waals surface area contributed by atoms with E-state index in [4.69, 9.17) is 11.5 Å². The number of thioether (sulfide) groups is 2. The van der Waals surface area contributed by atoms with E-state index < -0.39 is 126 Å². The highest BCUT2D eigenvalue weighted by Gasteiger charge is 2.48. The number of aromatic nitrogens is 1. The number of hydrogen-bond acceptors (Lipinski definition) is 14. The number of carbonyl (C=O) groups is 10. The number of nitrogens with two attached hydrogens (primary N) is 2. The van der Waals surface area contributed by atoms with Crippen LogP contribution in [0.15, 0.2) is 121 Å². The third kappa shape index (κ3) is 18.8. The molecule has 1 aliphatic carbocycles. The fraction of sp³-hybridized carbons (Fsp3) is 0.405. The SMILES string of the molecule is C[C@@]12CCCN1C(=O)[C@H](Cc1ccc(O)cc1)NC(=O)CN1C(=O)[C@@H](CCc3ccccc31)CC(=O)[C@H](Cc1c[nH]c3ccc(F)cc13)NC(=O)[C@H](CC1=CCc3ccc(F)cc31)NC(=O)CNC(=O)[C@H](CCCCN)NC(=O)CCSCc1cccc(c1)CSC[C@@H](C(N)=O)CC2=O. The molecule has 99 heavy (non-hydrogen) atoms. The zero-order chi connectivity index (χ0) is 70.3. The highest BCUT2D eigenvalue weighted by Crippen LogP contribution is 2.36. The molecule has 5 aromatic carbocycles. The van der Waals surface area contributed by atoms with Gasteiger partial charge in [-0.15, -0.1) is 0 Å².